The van der Waals surface area contributed by atoms with Crippen molar-refractivity contribution in [3.05, 3.63) is 57.6 Å². The summed E-state index contributed by atoms with van der Waals surface area (Å²) in [7, 11) is 0. The van der Waals surface area contributed by atoms with E-state index in [4.69, 9.17) is 11.5 Å². The van der Waals surface area contributed by atoms with Crippen LogP contribution in [0.25, 0.3) is 0 Å². The molecule has 0 radical (unpaired) electrons. The van der Waals surface area contributed by atoms with E-state index >= 15 is 35.1 Å². The average molecular weight is 605 g/mol. The van der Waals surface area contributed by atoms with Crippen LogP contribution in [0.5, 0.6) is 0 Å². The fourth-order valence-electron chi connectivity index (χ4n) is 5.86. The molecule has 2 aliphatic rings. The van der Waals surface area contributed by atoms with Crippen LogP contribution in [0.15, 0.2) is 24.3 Å². The van der Waals surface area contributed by atoms with Crippen LogP contribution in [0.2, 0.25) is 0 Å². The molecule has 2 saturated carbocycles. The maximum Gasteiger partial charge on any atom is 0.382 e. The van der Waals surface area contributed by atoms with Crippen LogP contribution in [-0.2, 0) is 24.7 Å². The van der Waals surface area contributed by atoms with Gasteiger partial charge < -0.3 is 11.5 Å². The number of halogens is 8. The molecule has 2 nitrogen and oxygen atoms in total. The van der Waals surface area contributed by atoms with Gasteiger partial charge in [-0.15, -0.1) is 0 Å². The standard InChI is InChI=1S/C32H40F8N2/c1-3-5-9-21-15-23(17-25(27(21)41)19-11-7-12-19)29(33,34)31(37,38)32(39,40)30(35,36)24-16-22(10-6-4-2)28(42)26(18-24)20-13-8-14-20/h15-20H,3-14,41-42H2,1-2H3. The van der Waals surface area contributed by atoms with Crippen molar-refractivity contribution >= 4 is 11.4 Å². The van der Waals surface area contributed by atoms with Crippen molar-refractivity contribution in [2.45, 2.75) is 126 Å². The van der Waals surface area contributed by atoms with E-state index in [2.05, 4.69) is 0 Å². The predicted molar refractivity (Wildman–Crippen MR) is 150 cm³/mol. The summed E-state index contributed by atoms with van der Waals surface area (Å²) in [6.45, 7) is 3.67. The van der Waals surface area contributed by atoms with Crippen LogP contribution in [0.4, 0.5) is 46.5 Å². The number of nitrogen functional groups attached to an aromatic ring is 2. The minimum absolute atomic E-state index is 0.131. The molecule has 4 N–H and O–H groups in total. The SMILES string of the molecule is CCCCc1cc(C(F)(F)C(F)(F)C(F)(F)C(F)(F)c2cc(CCCC)c(N)c(C3CCC3)c2)cc(C2CCC2)c1N. The Balaban J connectivity index is 1.79. The molecule has 2 aliphatic carbocycles. The highest BCUT2D eigenvalue weighted by Gasteiger charge is 2.81. The molecule has 42 heavy (non-hydrogen) atoms. The van der Waals surface area contributed by atoms with Crippen molar-refractivity contribution in [2.24, 2.45) is 0 Å². The molecular formula is C32H40F8N2. The van der Waals surface area contributed by atoms with Gasteiger partial charge in [-0.3, -0.25) is 0 Å². The first-order valence-electron chi connectivity index (χ1n) is 15.0. The van der Waals surface area contributed by atoms with E-state index in [1.54, 1.807) is 0 Å². The molecule has 0 heterocycles. The van der Waals surface area contributed by atoms with Crippen LogP contribution in [0.3, 0.4) is 0 Å². The van der Waals surface area contributed by atoms with Crippen LogP contribution in [-0.4, -0.2) is 11.8 Å². The normalized spacial score (nSPS) is 17.3. The van der Waals surface area contributed by atoms with E-state index in [1.807, 2.05) is 13.8 Å². The van der Waals surface area contributed by atoms with Gasteiger partial charge in [0, 0.05) is 22.5 Å². The van der Waals surface area contributed by atoms with Crippen molar-refractivity contribution < 1.29 is 35.1 Å². The second kappa shape index (κ2) is 11.9. The molecular weight excluding hydrogens is 564 g/mol. The lowest BCUT2D eigenvalue weighted by Crippen LogP contribution is -2.59. The molecule has 0 aliphatic heterocycles. The van der Waals surface area contributed by atoms with Gasteiger partial charge >= 0.3 is 23.7 Å². The topological polar surface area (TPSA) is 52.0 Å². The number of unbranched alkanes of at least 4 members (excludes halogenated alkanes) is 2. The highest BCUT2D eigenvalue weighted by Crippen LogP contribution is 2.60. The summed E-state index contributed by atoms with van der Waals surface area (Å²) in [5, 5.41) is 0. The highest BCUT2D eigenvalue weighted by molar-refractivity contribution is 5.60. The van der Waals surface area contributed by atoms with Gasteiger partial charge in [0.1, 0.15) is 0 Å². The van der Waals surface area contributed by atoms with Crippen molar-refractivity contribution in [1.82, 2.24) is 0 Å². The first-order chi connectivity index (χ1) is 19.6. The lowest BCUT2D eigenvalue weighted by atomic mass is 9.76. The van der Waals surface area contributed by atoms with Crippen LogP contribution < -0.4 is 11.5 Å². The molecule has 0 atom stereocenters. The first-order valence-corrected chi connectivity index (χ1v) is 15.0. The third-order valence-corrected chi connectivity index (χ3v) is 9.19. The Morgan fingerprint density at radius 1 is 0.595 bits per heavy atom. The molecule has 2 aromatic carbocycles. The molecule has 0 saturated heterocycles. The van der Waals surface area contributed by atoms with Gasteiger partial charge in [0.05, 0.1) is 0 Å². The molecule has 234 valence electrons. The van der Waals surface area contributed by atoms with Crippen LogP contribution in [0, 0.1) is 0 Å². The summed E-state index contributed by atoms with van der Waals surface area (Å²) < 4.78 is 124. The van der Waals surface area contributed by atoms with Gasteiger partial charge in [-0.1, -0.05) is 39.5 Å². The molecule has 4 rings (SSSR count). The van der Waals surface area contributed by atoms with E-state index in [9.17, 15) is 0 Å². The molecule has 10 heteroatoms. The fraction of sp³-hybridized carbons (Fsp3) is 0.625. The summed E-state index contributed by atoms with van der Waals surface area (Å²) in [5.41, 5.74) is 10.5. The number of nitrogens with two attached hydrogens (primary N) is 2. The third-order valence-electron chi connectivity index (χ3n) is 9.19. The van der Waals surface area contributed by atoms with Gasteiger partial charge in [-0.2, -0.15) is 35.1 Å². The Hall–Kier alpha value is -2.52. The maximum absolute atomic E-state index is 15.6. The predicted octanol–water partition coefficient (Wildman–Crippen LogP) is 10.2. The Labute approximate surface area is 242 Å². The van der Waals surface area contributed by atoms with Gasteiger partial charge in [0.25, 0.3) is 0 Å². The molecule has 0 amide bonds. The minimum atomic E-state index is -6.44. The van der Waals surface area contributed by atoms with Crippen molar-refractivity contribution in [3.63, 3.8) is 0 Å². The van der Waals surface area contributed by atoms with E-state index in [1.165, 1.54) is 0 Å². The van der Waals surface area contributed by atoms with Gasteiger partial charge in [-0.05, 0) is 110 Å². The van der Waals surface area contributed by atoms with E-state index in [0.717, 1.165) is 12.8 Å². The Kier molecular flexibility index (Phi) is 9.16. The van der Waals surface area contributed by atoms with Crippen LogP contribution >= 0.6 is 0 Å². The number of alkyl halides is 8. The van der Waals surface area contributed by atoms with E-state index in [-0.39, 0.29) is 58.3 Å². The summed E-state index contributed by atoms with van der Waals surface area (Å²) >= 11 is 0. The number of hydrogen-bond donors (Lipinski definition) is 2. The Bertz CT molecular complexity index is 1170. The maximum atomic E-state index is 15.6. The molecule has 0 unspecified atom stereocenters. The lowest BCUT2D eigenvalue weighted by Gasteiger charge is -2.38. The zero-order valence-electron chi connectivity index (χ0n) is 24.1. The Morgan fingerprint density at radius 3 is 1.19 bits per heavy atom. The summed E-state index contributed by atoms with van der Waals surface area (Å²) in [6, 6.07) is 2.77. The summed E-state index contributed by atoms with van der Waals surface area (Å²) in [4.78, 5) is 0. The smallest absolute Gasteiger partial charge is 0.382 e. The zero-order chi connectivity index (χ0) is 31.1. The quantitative estimate of drug-likeness (QED) is 0.177. The molecule has 0 aromatic heterocycles. The average Bonchev–Trinajstić information content (AvgIpc) is 2.86. The molecule has 2 fully saturated rings. The Morgan fingerprint density at radius 2 is 0.929 bits per heavy atom. The van der Waals surface area contributed by atoms with Crippen LogP contribution in [0.1, 0.15) is 123 Å². The van der Waals surface area contributed by atoms with Gasteiger partial charge in [0.15, 0.2) is 0 Å². The largest absolute Gasteiger partial charge is 0.398 e. The fourth-order valence-corrected chi connectivity index (χ4v) is 5.86. The van der Waals surface area contributed by atoms with Crippen molar-refractivity contribution in [2.75, 3.05) is 11.5 Å². The molecule has 0 spiro atoms. The zero-order valence-corrected chi connectivity index (χ0v) is 24.1. The second-order valence-corrected chi connectivity index (χ2v) is 12.0. The minimum Gasteiger partial charge on any atom is -0.398 e. The number of hydrogen-bond acceptors (Lipinski definition) is 2. The first kappa shape index (κ1) is 32.4. The summed E-state index contributed by atoms with van der Waals surface area (Å²) in [5.74, 6) is -24.7. The van der Waals surface area contributed by atoms with Crippen molar-refractivity contribution in [1.29, 1.82) is 0 Å². The third kappa shape index (κ3) is 5.36. The molecule has 2 aromatic rings. The number of benzene rings is 2. The van der Waals surface area contributed by atoms with Gasteiger partial charge in [0.2, 0.25) is 0 Å². The second-order valence-electron chi connectivity index (χ2n) is 12.0. The van der Waals surface area contributed by atoms with Gasteiger partial charge in [-0.25, -0.2) is 0 Å². The highest BCUT2D eigenvalue weighted by atomic mass is 19.4. The monoisotopic (exact) mass is 604 g/mol. The summed E-state index contributed by atoms with van der Waals surface area (Å²) in [6.07, 6.45) is 6.49. The number of aryl methyl sites for hydroxylation is 2. The number of anilines is 2. The molecule has 0 bridgehead atoms. The van der Waals surface area contributed by atoms with Crippen molar-refractivity contribution in [3.8, 4) is 0 Å². The van der Waals surface area contributed by atoms with E-state index in [0.29, 0.717) is 75.6 Å². The van der Waals surface area contributed by atoms with E-state index < -0.39 is 34.8 Å². The number of rotatable bonds is 13. The lowest BCUT2D eigenvalue weighted by molar-refractivity contribution is -0.374.